The van der Waals surface area contributed by atoms with Gasteiger partial charge in [0.15, 0.2) is 11.5 Å². The minimum absolute atomic E-state index is 0.353. The number of hydrogen-bond acceptors (Lipinski definition) is 5. The van der Waals surface area contributed by atoms with Crippen LogP contribution in [0.4, 0.5) is 5.82 Å². The van der Waals surface area contributed by atoms with Crippen molar-refractivity contribution in [2.24, 2.45) is 0 Å². The fourth-order valence-corrected chi connectivity index (χ4v) is 1.91. The summed E-state index contributed by atoms with van der Waals surface area (Å²) in [7, 11) is 0. The van der Waals surface area contributed by atoms with Gasteiger partial charge in [0.05, 0.1) is 16.9 Å². The summed E-state index contributed by atoms with van der Waals surface area (Å²) in [5.41, 5.74) is 8.30. The summed E-state index contributed by atoms with van der Waals surface area (Å²) in [4.78, 5) is 4.20. The van der Waals surface area contributed by atoms with Crippen LogP contribution in [0.3, 0.4) is 0 Å². The summed E-state index contributed by atoms with van der Waals surface area (Å²) in [6.07, 6.45) is 1.66. The Bertz CT molecular complexity index is 785. The summed E-state index contributed by atoms with van der Waals surface area (Å²) in [5.74, 6) is 0.353. The Balaban J connectivity index is 2.15. The molecule has 0 spiro atoms. The molecule has 0 atom stereocenters. The van der Waals surface area contributed by atoms with Gasteiger partial charge in [-0.25, -0.2) is 0 Å². The second-order valence-corrected chi connectivity index (χ2v) is 4.08. The molecule has 0 aliphatic carbocycles. The van der Waals surface area contributed by atoms with Crippen LogP contribution >= 0.6 is 0 Å². The van der Waals surface area contributed by atoms with Crippen molar-refractivity contribution in [1.82, 2.24) is 20.0 Å². The van der Waals surface area contributed by atoms with Crippen LogP contribution in [-0.4, -0.2) is 20.0 Å². The van der Waals surface area contributed by atoms with E-state index in [0.29, 0.717) is 28.5 Å². The molecule has 0 aliphatic rings. The fourth-order valence-electron chi connectivity index (χ4n) is 1.91. The smallest absolute Gasteiger partial charge is 0.157 e. The molecule has 0 amide bonds. The van der Waals surface area contributed by atoms with E-state index in [4.69, 9.17) is 11.0 Å². The monoisotopic (exact) mass is 262 g/mol. The van der Waals surface area contributed by atoms with Gasteiger partial charge in [-0.2, -0.15) is 9.94 Å². The van der Waals surface area contributed by atoms with Crippen LogP contribution in [0.25, 0.3) is 17.1 Å². The summed E-state index contributed by atoms with van der Waals surface area (Å²) < 4.78 is 1.45. The van der Waals surface area contributed by atoms with Gasteiger partial charge in [0.2, 0.25) is 0 Å². The average Bonchev–Trinajstić information content (AvgIpc) is 2.89. The van der Waals surface area contributed by atoms with Crippen molar-refractivity contribution in [2.75, 3.05) is 5.73 Å². The molecule has 3 rings (SSSR count). The van der Waals surface area contributed by atoms with Gasteiger partial charge in [-0.05, 0) is 24.3 Å². The highest BCUT2D eigenvalue weighted by atomic mass is 15.5. The highest BCUT2D eigenvalue weighted by molar-refractivity contribution is 5.68. The zero-order chi connectivity index (χ0) is 13.9. The normalized spacial score (nSPS) is 10.2. The van der Waals surface area contributed by atoms with E-state index in [9.17, 15) is 0 Å². The van der Waals surface area contributed by atoms with E-state index in [1.807, 2.05) is 18.2 Å². The number of anilines is 1. The summed E-state index contributed by atoms with van der Waals surface area (Å²) >= 11 is 0. The average molecular weight is 262 g/mol. The fraction of sp³-hybridized carbons (Fsp3) is 0. The van der Waals surface area contributed by atoms with Crippen molar-refractivity contribution in [3.05, 3.63) is 54.2 Å². The predicted octanol–water partition coefficient (Wildman–Crippen LogP) is 1.78. The number of nitrogen functional groups attached to an aromatic ring is 1. The molecule has 20 heavy (non-hydrogen) atoms. The molecule has 0 fully saturated rings. The number of nitrogens with two attached hydrogens (primary N) is 1. The Morgan fingerprint density at radius 2 is 1.90 bits per heavy atom. The standard InChI is InChI=1S/C14H10N6/c15-9-10-5-1-2-7-12(10)20-14(16)13(18-19-20)11-6-3-4-8-17-11/h1-8H,16H2. The van der Waals surface area contributed by atoms with Crippen LogP contribution < -0.4 is 5.73 Å². The van der Waals surface area contributed by atoms with Gasteiger partial charge in [-0.1, -0.05) is 23.4 Å². The van der Waals surface area contributed by atoms with Crippen LogP contribution in [0.2, 0.25) is 0 Å². The second kappa shape index (κ2) is 4.82. The molecule has 0 radical (unpaired) electrons. The maximum absolute atomic E-state index is 9.13. The molecule has 1 aromatic carbocycles. The molecular weight excluding hydrogens is 252 g/mol. The summed E-state index contributed by atoms with van der Waals surface area (Å²) in [6, 6.07) is 14.7. The Hall–Kier alpha value is -3.20. The van der Waals surface area contributed by atoms with E-state index in [2.05, 4.69) is 21.4 Å². The van der Waals surface area contributed by atoms with Gasteiger partial charge in [0.25, 0.3) is 0 Å². The van der Waals surface area contributed by atoms with Gasteiger partial charge in [0.1, 0.15) is 6.07 Å². The topological polar surface area (TPSA) is 93.4 Å². The number of pyridine rings is 1. The zero-order valence-electron chi connectivity index (χ0n) is 10.4. The molecule has 0 bridgehead atoms. The van der Waals surface area contributed by atoms with Gasteiger partial charge in [-0.15, -0.1) is 5.10 Å². The Kier molecular flexibility index (Phi) is 2.86. The number of benzene rings is 1. The lowest BCUT2D eigenvalue weighted by Gasteiger charge is -2.04. The lowest BCUT2D eigenvalue weighted by molar-refractivity contribution is 0.808. The molecule has 6 heteroatoms. The molecule has 2 N–H and O–H groups in total. The first-order valence-corrected chi connectivity index (χ1v) is 5.93. The van der Waals surface area contributed by atoms with Crippen molar-refractivity contribution in [1.29, 1.82) is 5.26 Å². The van der Waals surface area contributed by atoms with Crippen LogP contribution in [-0.2, 0) is 0 Å². The third kappa shape index (κ3) is 1.87. The molecule has 0 saturated heterocycles. The van der Waals surface area contributed by atoms with Gasteiger partial charge in [0, 0.05) is 6.20 Å². The molecule has 0 saturated carbocycles. The van der Waals surface area contributed by atoms with E-state index < -0.39 is 0 Å². The minimum Gasteiger partial charge on any atom is -0.382 e. The number of hydrogen-bond donors (Lipinski definition) is 1. The zero-order valence-corrected chi connectivity index (χ0v) is 10.4. The molecule has 0 aliphatic heterocycles. The molecule has 2 aromatic heterocycles. The number of aromatic nitrogens is 4. The maximum Gasteiger partial charge on any atom is 0.157 e. The van der Waals surface area contributed by atoms with Crippen LogP contribution in [0.5, 0.6) is 0 Å². The third-order valence-corrected chi connectivity index (χ3v) is 2.87. The Labute approximate surface area is 115 Å². The number of nitrogens with zero attached hydrogens (tertiary/aromatic N) is 5. The first-order chi connectivity index (χ1) is 9.81. The Morgan fingerprint density at radius 1 is 1.10 bits per heavy atom. The number of nitriles is 1. The van der Waals surface area contributed by atoms with Crippen molar-refractivity contribution in [2.45, 2.75) is 0 Å². The van der Waals surface area contributed by atoms with Crippen LogP contribution in [0, 0.1) is 11.3 Å². The van der Waals surface area contributed by atoms with Gasteiger partial charge in [-0.3, -0.25) is 4.98 Å². The highest BCUT2D eigenvalue weighted by Gasteiger charge is 2.15. The quantitative estimate of drug-likeness (QED) is 0.759. The molecule has 6 nitrogen and oxygen atoms in total. The lowest BCUT2D eigenvalue weighted by Crippen LogP contribution is -2.04. The van der Waals surface area contributed by atoms with Gasteiger partial charge >= 0.3 is 0 Å². The van der Waals surface area contributed by atoms with E-state index in [1.165, 1.54) is 4.68 Å². The number of para-hydroxylation sites is 1. The van der Waals surface area contributed by atoms with E-state index in [-0.39, 0.29) is 0 Å². The lowest BCUT2D eigenvalue weighted by atomic mass is 10.2. The van der Waals surface area contributed by atoms with Crippen molar-refractivity contribution >= 4 is 5.82 Å². The highest BCUT2D eigenvalue weighted by Crippen LogP contribution is 2.24. The van der Waals surface area contributed by atoms with Crippen molar-refractivity contribution < 1.29 is 0 Å². The first-order valence-electron chi connectivity index (χ1n) is 5.93. The largest absolute Gasteiger partial charge is 0.382 e. The van der Waals surface area contributed by atoms with Crippen LogP contribution in [0.15, 0.2) is 48.7 Å². The third-order valence-electron chi connectivity index (χ3n) is 2.87. The molecular formula is C14H10N6. The summed E-state index contributed by atoms with van der Waals surface area (Å²) in [5, 5.41) is 17.2. The van der Waals surface area contributed by atoms with Crippen molar-refractivity contribution in [3.8, 4) is 23.1 Å². The first kappa shape index (κ1) is 11.9. The van der Waals surface area contributed by atoms with E-state index in [0.717, 1.165) is 0 Å². The minimum atomic E-state index is 0.353. The predicted molar refractivity (Wildman–Crippen MR) is 73.7 cm³/mol. The molecule has 2 heterocycles. The van der Waals surface area contributed by atoms with Gasteiger partial charge < -0.3 is 5.73 Å². The maximum atomic E-state index is 9.13. The second-order valence-electron chi connectivity index (χ2n) is 4.08. The molecule has 0 unspecified atom stereocenters. The van der Waals surface area contributed by atoms with Crippen molar-refractivity contribution in [3.63, 3.8) is 0 Å². The van der Waals surface area contributed by atoms with E-state index in [1.54, 1.807) is 30.5 Å². The number of rotatable bonds is 2. The molecule has 3 aromatic rings. The molecule has 96 valence electrons. The Morgan fingerprint density at radius 3 is 2.65 bits per heavy atom. The summed E-state index contributed by atoms with van der Waals surface area (Å²) in [6.45, 7) is 0. The van der Waals surface area contributed by atoms with E-state index >= 15 is 0 Å². The van der Waals surface area contributed by atoms with Crippen LogP contribution in [0.1, 0.15) is 5.56 Å². The SMILES string of the molecule is N#Cc1ccccc1-n1nnc(-c2ccccn2)c1N.